The summed E-state index contributed by atoms with van der Waals surface area (Å²) in [7, 11) is 1.95. The van der Waals surface area contributed by atoms with Crippen LogP contribution in [0.3, 0.4) is 0 Å². The van der Waals surface area contributed by atoms with Gasteiger partial charge in [-0.2, -0.15) is 5.10 Å². The van der Waals surface area contributed by atoms with Gasteiger partial charge < -0.3 is 5.32 Å². The molecule has 0 fully saturated rings. The number of hydrogen-bond donors (Lipinski definition) is 1. The Labute approximate surface area is 112 Å². The van der Waals surface area contributed by atoms with Gasteiger partial charge in [-0.15, -0.1) is 11.3 Å². The van der Waals surface area contributed by atoms with Gasteiger partial charge in [0.05, 0.1) is 11.2 Å². The summed E-state index contributed by atoms with van der Waals surface area (Å²) in [5.74, 6) is 0. The summed E-state index contributed by atoms with van der Waals surface area (Å²) in [6.45, 7) is 5.27. The van der Waals surface area contributed by atoms with Crippen molar-refractivity contribution in [2.24, 2.45) is 7.05 Å². The fraction of sp³-hybridized carbons (Fsp3) is 0.538. The lowest BCUT2D eigenvalue weighted by Gasteiger charge is -2.15. The average Bonchev–Trinajstić information content (AvgIpc) is 2.93. The number of hydrogen-bond acceptors (Lipinski definition) is 4. The lowest BCUT2D eigenvalue weighted by atomic mass is 10.1. The molecule has 0 aliphatic carbocycles. The van der Waals surface area contributed by atoms with Crippen molar-refractivity contribution in [1.29, 1.82) is 0 Å². The molecule has 0 amide bonds. The quantitative estimate of drug-likeness (QED) is 0.871. The molecule has 0 radical (unpaired) electrons. The van der Waals surface area contributed by atoms with Crippen molar-refractivity contribution in [3.63, 3.8) is 0 Å². The second-order valence-electron chi connectivity index (χ2n) is 4.51. The first-order valence-electron chi connectivity index (χ1n) is 6.32. The third-order valence-corrected chi connectivity index (χ3v) is 3.85. The van der Waals surface area contributed by atoms with Gasteiger partial charge in [0.2, 0.25) is 0 Å². The average molecular weight is 264 g/mol. The van der Waals surface area contributed by atoms with Gasteiger partial charge in [-0.25, -0.2) is 4.98 Å². The van der Waals surface area contributed by atoms with E-state index in [1.54, 1.807) is 11.3 Å². The summed E-state index contributed by atoms with van der Waals surface area (Å²) in [6, 6.07) is 0.348. The van der Waals surface area contributed by atoms with Crippen molar-refractivity contribution >= 4 is 11.3 Å². The molecule has 0 bridgehead atoms. The first-order chi connectivity index (χ1) is 8.69. The molecule has 2 heterocycles. The van der Waals surface area contributed by atoms with Gasteiger partial charge >= 0.3 is 0 Å². The van der Waals surface area contributed by atoms with Crippen LogP contribution >= 0.6 is 11.3 Å². The van der Waals surface area contributed by atoms with Gasteiger partial charge in [0.15, 0.2) is 0 Å². The second-order valence-corrected chi connectivity index (χ2v) is 5.78. The fourth-order valence-corrected chi connectivity index (χ4v) is 2.80. The molecule has 2 aromatic rings. The summed E-state index contributed by atoms with van der Waals surface area (Å²) >= 11 is 1.77. The molecule has 98 valence electrons. The third kappa shape index (κ3) is 3.40. The normalized spacial score (nSPS) is 12.8. The van der Waals surface area contributed by atoms with E-state index in [0.717, 1.165) is 24.4 Å². The van der Waals surface area contributed by atoms with E-state index in [2.05, 4.69) is 35.4 Å². The zero-order chi connectivity index (χ0) is 13.0. The van der Waals surface area contributed by atoms with E-state index in [0.29, 0.717) is 6.04 Å². The predicted molar refractivity (Wildman–Crippen MR) is 74.8 cm³/mol. The van der Waals surface area contributed by atoms with Crippen LogP contribution < -0.4 is 5.32 Å². The molecule has 0 aliphatic rings. The minimum Gasteiger partial charge on any atom is -0.309 e. The molecule has 0 aliphatic heterocycles. The summed E-state index contributed by atoms with van der Waals surface area (Å²) in [6.07, 6.45) is 8.11. The summed E-state index contributed by atoms with van der Waals surface area (Å²) < 4.78 is 1.85. The van der Waals surface area contributed by atoms with Gasteiger partial charge in [-0.3, -0.25) is 4.68 Å². The van der Waals surface area contributed by atoms with Gasteiger partial charge in [0.25, 0.3) is 0 Å². The number of aromatic nitrogens is 3. The molecule has 0 spiro atoms. The largest absolute Gasteiger partial charge is 0.309 e. The van der Waals surface area contributed by atoms with Gasteiger partial charge in [0, 0.05) is 30.4 Å². The standard InChI is InChI=1S/C13H20N4S/c1-4-5-14-12(13-8-15-10(2)18-13)6-11-7-16-17(3)9-11/h7-9,12,14H,4-6H2,1-3H3. The number of nitrogens with zero attached hydrogens (tertiary/aromatic N) is 3. The Morgan fingerprint density at radius 2 is 2.28 bits per heavy atom. The molecular formula is C13H20N4S. The van der Waals surface area contributed by atoms with E-state index < -0.39 is 0 Å². The Balaban J connectivity index is 2.09. The monoisotopic (exact) mass is 264 g/mol. The van der Waals surface area contributed by atoms with Crippen LogP contribution in [0, 0.1) is 6.92 Å². The molecular weight excluding hydrogens is 244 g/mol. The first-order valence-corrected chi connectivity index (χ1v) is 7.14. The highest BCUT2D eigenvalue weighted by Gasteiger charge is 2.14. The number of thiazole rings is 1. The molecule has 1 atom stereocenters. The summed E-state index contributed by atoms with van der Waals surface area (Å²) in [4.78, 5) is 5.66. The maximum atomic E-state index is 4.35. The number of nitrogens with one attached hydrogen (secondary N) is 1. The van der Waals surface area contributed by atoms with Crippen LogP contribution in [0.2, 0.25) is 0 Å². The lowest BCUT2D eigenvalue weighted by molar-refractivity contribution is 0.535. The van der Waals surface area contributed by atoms with Gasteiger partial charge in [0.1, 0.15) is 0 Å². The van der Waals surface area contributed by atoms with E-state index in [1.165, 1.54) is 10.4 Å². The SMILES string of the molecule is CCCNC(Cc1cnn(C)c1)c1cnc(C)s1. The van der Waals surface area contributed by atoms with Crippen molar-refractivity contribution in [2.75, 3.05) is 6.54 Å². The second kappa shape index (κ2) is 6.11. The van der Waals surface area contributed by atoms with E-state index >= 15 is 0 Å². The maximum Gasteiger partial charge on any atom is 0.0897 e. The Hall–Kier alpha value is -1.20. The van der Waals surface area contributed by atoms with E-state index in [9.17, 15) is 0 Å². The van der Waals surface area contributed by atoms with Gasteiger partial charge in [-0.1, -0.05) is 6.92 Å². The molecule has 5 heteroatoms. The highest BCUT2D eigenvalue weighted by molar-refractivity contribution is 7.11. The Bertz CT molecular complexity index is 489. The highest BCUT2D eigenvalue weighted by atomic mass is 32.1. The number of rotatable bonds is 6. The molecule has 0 aromatic carbocycles. The minimum atomic E-state index is 0.348. The molecule has 1 N–H and O–H groups in total. The van der Waals surface area contributed by atoms with Crippen LogP contribution in [0.15, 0.2) is 18.6 Å². The molecule has 4 nitrogen and oxygen atoms in total. The van der Waals surface area contributed by atoms with Crippen LogP contribution in [-0.4, -0.2) is 21.3 Å². The Morgan fingerprint density at radius 3 is 2.83 bits per heavy atom. The van der Waals surface area contributed by atoms with Crippen LogP contribution in [0.4, 0.5) is 0 Å². The zero-order valence-electron chi connectivity index (χ0n) is 11.2. The van der Waals surface area contributed by atoms with Crippen molar-refractivity contribution in [3.8, 4) is 0 Å². The van der Waals surface area contributed by atoms with E-state index in [1.807, 2.05) is 24.1 Å². The smallest absolute Gasteiger partial charge is 0.0897 e. The topological polar surface area (TPSA) is 42.7 Å². The lowest BCUT2D eigenvalue weighted by Crippen LogP contribution is -2.23. The molecule has 0 saturated heterocycles. The van der Waals surface area contributed by atoms with Crippen LogP contribution in [0.1, 0.15) is 34.8 Å². The predicted octanol–water partition coefficient (Wildman–Crippen LogP) is 2.47. The summed E-state index contributed by atoms with van der Waals surface area (Å²) in [5.41, 5.74) is 1.26. The van der Waals surface area contributed by atoms with Crippen LogP contribution in [0.5, 0.6) is 0 Å². The van der Waals surface area contributed by atoms with Gasteiger partial charge in [-0.05, 0) is 31.9 Å². The third-order valence-electron chi connectivity index (χ3n) is 2.82. The summed E-state index contributed by atoms with van der Waals surface area (Å²) in [5, 5.41) is 8.94. The van der Waals surface area contributed by atoms with E-state index in [-0.39, 0.29) is 0 Å². The van der Waals surface area contributed by atoms with E-state index in [4.69, 9.17) is 0 Å². The highest BCUT2D eigenvalue weighted by Crippen LogP contribution is 2.23. The zero-order valence-corrected chi connectivity index (χ0v) is 12.0. The van der Waals surface area contributed by atoms with Crippen molar-refractivity contribution in [3.05, 3.63) is 34.0 Å². The Morgan fingerprint density at radius 1 is 1.44 bits per heavy atom. The van der Waals surface area contributed by atoms with Crippen LogP contribution in [-0.2, 0) is 13.5 Å². The maximum absolute atomic E-state index is 4.35. The molecule has 18 heavy (non-hydrogen) atoms. The molecule has 2 aromatic heterocycles. The number of aryl methyl sites for hydroxylation is 2. The molecule has 2 rings (SSSR count). The molecule has 0 saturated carbocycles. The first kappa shape index (κ1) is 13.2. The minimum absolute atomic E-state index is 0.348. The van der Waals surface area contributed by atoms with Crippen molar-refractivity contribution in [1.82, 2.24) is 20.1 Å². The Kier molecular flexibility index (Phi) is 4.49. The van der Waals surface area contributed by atoms with Crippen molar-refractivity contribution < 1.29 is 0 Å². The fourth-order valence-electron chi connectivity index (χ4n) is 1.94. The van der Waals surface area contributed by atoms with Crippen molar-refractivity contribution in [2.45, 2.75) is 32.7 Å². The molecule has 1 unspecified atom stereocenters. The van der Waals surface area contributed by atoms with Crippen LogP contribution in [0.25, 0.3) is 0 Å².